The van der Waals surface area contributed by atoms with Crippen LogP contribution in [0.4, 0.5) is 10.1 Å². The molecule has 0 heterocycles. The molecule has 0 aliphatic carbocycles. The Labute approximate surface area is 115 Å². The largest absolute Gasteiger partial charge is 0.376 e. The average Bonchev–Trinajstić information content (AvgIpc) is 2.38. The lowest BCUT2D eigenvalue weighted by atomic mass is 10.0. The Kier molecular flexibility index (Phi) is 4.37. The van der Waals surface area contributed by atoms with E-state index in [1.165, 1.54) is 6.07 Å². The van der Waals surface area contributed by atoms with E-state index in [4.69, 9.17) is 0 Å². The average molecular weight is 308 g/mol. The molecule has 94 valence electrons. The van der Waals surface area contributed by atoms with Crippen molar-refractivity contribution in [2.75, 3.05) is 5.32 Å². The monoisotopic (exact) mass is 307 g/mol. The van der Waals surface area contributed by atoms with Crippen LogP contribution in [0.25, 0.3) is 0 Å². The molecule has 0 aromatic heterocycles. The van der Waals surface area contributed by atoms with Crippen molar-refractivity contribution >= 4 is 21.6 Å². The van der Waals surface area contributed by atoms with Gasteiger partial charge in [-0.3, -0.25) is 0 Å². The van der Waals surface area contributed by atoms with Crippen molar-refractivity contribution < 1.29 is 4.39 Å². The fraction of sp³-hybridized carbons (Fsp3) is 0.200. The molecule has 2 rings (SSSR count). The first-order chi connectivity index (χ1) is 8.70. The quantitative estimate of drug-likeness (QED) is 0.823. The fourth-order valence-electron chi connectivity index (χ4n) is 1.91. The number of nitrogens with one attached hydrogen (secondary N) is 1. The Morgan fingerprint density at radius 3 is 2.61 bits per heavy atom. The second-order valence-corrected chi connectivity index (χ2v) is 5.06. The van der Waals surface area contributed by atoms with Crippen LogP contribution in [0.5, 0.6) is 0 Å². The number of rotatable bonds is 4. The van der Waals surface area contributed by atoms with Gasteiger partial charge in [-0.2, -0.15) is 0 Å². The summed E-state index contributed by atoms with van der Waals surface area (Å²) in [5.74, 6) is -0.217. The van der Waals surface area contributed by atoms with Crippen LogP contribution < -0.4 is 5.32 Å². The van der Waals surface area contributed by atoms with Gasteiger partial charge in [0.25, 0.3) is 0 Å². The SMILES string of the molecule is CCC(Nc1ccccc1F)c1cccc(Br)c1. The molecule has 3 heteroatoms. The van der Waals surface area contributed by atoms with Gasteiger partial charge in [0.1, 0.15) is 5.82 Å². The highest BCUT2D eigenvalue weighted by Crippen LogP contribution is 2.26. The first-order valence-corrected chi connectivity index (χ1v) is 6.76. The van der Waals surface area contributed by atoms with E-state index in [0.29, 0.717) is 5.69 Å². The predicted octanol–water partition coefficient (Wildman–Crippen LogP) is 5.15. The molecule has 0 bridgehead atoms. The molecule has 0 radical (unpaired) electrons. The zero-order chi connectivity index (χ0) is 13.0. The van der Waals surface area contributed by atoms with Gasteiger partial charge in [0.05, 0.1) is 11.7 Å². The second-order valence-electron chi connectivity index (χ2n) is 4.14. The topological polar surface area (TPSA) is 12.0 Å². The summed E-state index contributed by atoms with van der Waals surface area (Å²) in [4.78, 5) is 0. The van der Waals surface area contributed by atoms with Crippen LogP contribution in [-0.4, -0.2) is 0 Å². The number of halogens is 2. The summed E-state index contributed by atoms with van der Waals surface area (Å²) in [5.41, 5.74) is 1.69. The maximum atomic E-state index is 13.6. The maximum absolute atomic E-state index is 13.6. The number of anilines is 1. The van der Waals surface area contributed by atoms with Gasteiger partial charge in [-0.05, 0) is 36.2 Å². The van der Waals surface area contributed by atoms with Crippen LogP contribution in [0.3, 0.4) is 0 Å². The van der Waals surface area contributed by atoms with Crippen molar-refractivity contribution in [2.24, 2.45) is 0 Å². The summed E-state index contributed by atoms with van der Waals surface area (Å²) >= 11 is 3.46. The molecule has 2 aromatic carbocycles. The highest BCUT2D eigenvalue weighted by Gasteiger charge is 2.11. The summed E-state index contributed by atoms with van der Waals surface area (Å²) < 4.78 is 14.6. The molecule has 0 aliphatic rings. The van der Waals surface area contributed by atoms with Gasteiger partial charge in [0.15, 0.2) is 0 Å². The van der Waals surface area contributed by atoms with E-state index in [-0.39, 0.29) is 11.9 Å². The van der Waals surface area contributed by atoms with Crippen LogP contribution >= 0.6 is 15.9 Å². The van der Waals surface area contributed by atoms with Crippen molar-refractivity contribution in [2.45, 2.75) is 19.4 Å². The normalized spacial score (nSPS) is 12.2. The first kappa shape index (κ1) is 13.1. The lowest BCUT2D eigenvalue weighted by molar-refractivity contribution is 0.624. The zero-order valence-corrected chi connectivity index (χ0v) is 11.7. The Morgan fingerprint density at radius 2 is 1.94 bits per heavy atom. The van der Waals surface area contributed by atoms with E-state index in [9.17, 15) is 4.39 Å². The molecule has 1 unspecified atom stereocenters. The van der Waals surface area contributed by atoms with E-state index >= 15 is 0 Å². The van der Waals surface area contributed by atoms with Gasteiger partial charge in [0.2, 0.25) is 0 Å². The molecule has 0 saturated heterocycles. The minimum Gasteiger partial charge on any atom is -0.376 e. The lowest BCUT2D eigenvalue weighted by Crippen LogP contribution is -2.10. The molecule has 1 nitrogen and oxygen atoms in total. The third-order valence-corrected chi connectivity index (χ3v) is 3.36. The van der Waals surface area contributed by atoms with Crippen molar-refractivity contribution in [3.05, 3.63) is 64.4 Å². The third kappa shape index (κ3) is 3.10. The zero-order valence-electron chi connectivity index (χ0n) is 10.2. The van der Waals surface area contributed by atoms with Gasteiger partial charge >= 0.3 is 0 Å². The standard InChI is InChI=1S/C15H15BrFN/c1-2-14(11-6-5-7-12(16)10-11)18-15-9-4-3-8-13(15)17/h3-10,14,18H,2H2,1H3. The molecule has 18 heavy (non-hydrogen) atoms. The molecule has 0 amide bonds. The van der Waals surface area contributed by atoms with Crippen LogP contribution in [-0.2, 0) is 0 Å². The summed E-state index contributed by atoms with van der Waals surface area (Å²) in [7, 11) is 0. The summed E-state index contributed by atoms with van der Waals surface area (Å²) in [6, 6.07) is 14.9. The van der Waals surface area contributed by atoms with E-state index in [1.54, 1.807) is 12.1 Å². The molecule has 1 N–H and O–H groups in total. The molecular formula is C15H15BrFN. The maximum Gasteiger partial charge on any atom is 0.146 e. The smallest absolute Gasteiger partial charge is 0.146 e. The van der Waals surface area contributed by atoms with Crippen LogP contribution in [0.2, 0.25) is 0 Å². The van der Waals surface area contributed by atoms with Gasteiger partial charge in [-0.25, -0.2) is 4.39 Å². The number of hydrogen-bond acceptors (Lipinski definition) is 1. The Balaban J connectivity index is 2.23. The highest BCUT2D eigenvalue weighted by atomic mass is 79.9. The third-order valence-electron chi connectivity index (χ3n) is 2.86. The van der Waals surface area contributed by atoms with Gasteiger partial charge < -0.3 is 5.32 Å². The van der Waals surface area contributed by atoms with Crippen molar-refractivity contribution in [3.63, 3.8) is 0 Å². The predicted molar refractivity (Wildman–Crippen MR) is 77.2 cm³/mol. The Hall–Kier alpha value is -1.35. The second kappa shape index (κ2) is 6.01. The molecule has 0 fully saturated rings. The number of para-hydroxylation sites is 1. The highest BCUT2D eigenvalue weighted by molar-refractivity contribution is 9.10. The van der Waals surface area contributed by atoms with Crippen LogP contribution in [0.1, 0.15) is 24.9 Å². The molecule has 0 spiro atoms. The van der Waals surface area contributed by atoms with Crippen molar-refractivity contribution in [1.82, 2.24) is 0 Å². The summed E-state index contributed by atoms with van der Waals surface area (Å²) in [5, 5.41) is 3.24. The molecule has 2 aromatic rings. The fourth-order valence-corrected chi connectivity index (χ4v) is 2.33. The van der Waals surface area contributed by atoms with E-state index in [0.717, 1.165) is 16.5 Å². The minimum absolute atomic E-state index is 0.111. The van der Waals surface area contributed by atoms with E-state index in [1.807, 2.05) is 24.3 Å². The first-order valence-electron chi connectivity index (χ1n) is 5.97. The van der Waals surface area contributed by atoms with Crippen LogP contribution in [0.15, 0.2) is 53.0 Å². The Bertz CT molecular complexity index is 527. The van der Waals surface area contributed by atoms with Crippen molar-refractivity contribution in [3.8, 4) is 0 Å². The van der Waals surface area contributed by atoms with Crippen LogP contribution in [0, 0.1) is 5.82 Å². The van der Waals surface area contributed by atoms with Gasteiger partial charge in [0, 0.05) is 4.47 Å². The Morgan fingerprint density at radius 1 is 1.17 bits per heavy atom. The molecule has 0 aliphatic heterocycles. The van der Waals surface area contributed by atoms with Gasteiger partial charge in [-0.15, -0.1) is 0 Å². The van der Waals surface area contributed by atoms with Crippen molar-refractivity contribution in [1.29, 1.82) is 0 Å². The van der Waals surface area contributed by atoms with E-state index in [2.05, 4.69) is 34.2 Å². The summed E-state index contributed by atoms with van der Waals surface area (Å²) in [6.45, 7) is 2.08. The number of benzene rings is 2. The number of hydrogen-bond donors (Lipinski definition) is 1. The minimum atomic E-state index is -0.217. The lowest BCUT2D eigenvalue weighted by Gasteiger charge is -2.19. The van der Waals surface area contributed by atoms with Gasteiger partial charge in [-0.1, -0.05) is 47.1 Å². The molecule has 0 saturated carbocycles. The summed E-state index contributed by atoms with van der Waals surface area (Å²) in [6.07, 6.45) is 0.894. The molecule has 1 atom stereocenters. The molecular weight excluding hydrogens is 293 g/mol. The van der Waals surface area contributed by atoms with E-state index < -0.39 is 0 Å².